The number of halogens is 1. The van der Waals surface area contributed by atoms with E-state index in [-0.39, 0.29) is 18.6 Å². The van der Waals surface area contributed by atoms with Crippen LogP contribution in [0.15, 0.2) is 66.7 Å². The highest BCUT2D eigenvalue weighted by Gasteiger charge is 2.27. The van der Waals surface area contributed by atoms with Crippen LogP contribution in [0.4, 0.5) is 10.5 Å². The molecular weight excluding hydrogens is 450 g/mol. The largest absolute Gasteiger partial charge is 0.449 e. The highest BCUT2D eigenvalue weighted by atomic mass is 35.5. The smallest absolute Gasteiger partial charge is 0.414 e. The molecule has 5 nitrogen and oxygen atoms in total. The number of hydrogen-bond acceptors (Lipinski definition) is 4. The van der Waals surface area contributed by atoms with Gasteiger partial charge in [0.2, 0.25) is 0 Å². The maximum atomic E-state index is 13.1. The summed E-state index contributed by atoms with van der Waals surface area (Å²) < 4.78 is 11.3. The first kappa shape index (κ1) is 25.3. The van der Waals surface area contributed by atoms with Gasteiger partial charge < -0.3 is 9.47 Å². The molecule has 0 fully saturated rings. The molecule has 3 aromatic rings. The molecule has 3 rings (SSSR count). The number of rotatable bonds is 6. The number of carbonyl (C=O) groups excluding carboxylic acids is 2. The number of anilines is 1. The van der Waals surface area contributed by atoms with Crippen LogP contribution < -0.4 is 9.64 Å². The Hall–Kier alpha value is -3.31. The highest BCUT2D eigenvalue weighted by molar-refractivity contribution is 6.30. The van der Waals surface area contributed by atoms with E-state index in [1.165, 1.54) is 4.90 Å². The Labute approximate surface area is 206 Å². The molecule has 34 heavy (non-hydrogen) atoms. The fourth-order valence-electron chi connectivity index (χ4n) is 3.47. The minimum atomic E-state index is -0.534. The molecule has 0 aromatic heterocycles. The van der Waals surface area contributed by atoms with Crippen LogP contribution in [0.25, 0.3) is 0 Å². The zero-order valence-corrected chi connectivity index (χ0v) is 21.0. The molecule has 0 N–H and O–H groups in total. The number of benzene rings is 3. The second kappa shape index (κ2) is 10.7. The van der Waals surface area contributed by atoms with Crippen molar-refractivity contribution in [2.75, 3.05) is 11.5 Å². The third-order valence-electron chi connectivity index (χ3n) is 5.36. The number of aryl methyl sites for hydroxylation is 1. The highest BCUT2D eigenvalue weighted by Crippen LogP contribution is 2.39. The van der Waals surface area contributed by atoms with Crippen LogP contribution in [0.3, 0.4) is 0 Å². The zero-order valence-electron chi connectivity index (χ0n) is 20.2. The number of nitrogens with zero attached hydrogens (tertiary/aromatic N) is 1. The molecule has 3 aromatic carbocycles. The summed E-state index contributed by atoms with van der Waals surface area (Å²) in [5, 5.41) is 0.527. The van der Waals surface area contributed by atoms with Crippen molar-refractivity contribution in [2.24, 2.45) is 0 Å². The van der Waals surface area contributed by atoms with E-state index in [0.29, 0.717) is 22.0 Å². The van der Waals surface area contributed by atoms with Crippen LogP contribution in [0.2, 0.25) is 5.02 Å². The van der Waals surface area contributed by atoms with Crippen molar-refractivity contribution < 1.29 is 19.1 Å². The minimum absolute atomic E-state index is 0.189. The normalized spacial score (nSPS) is 11.1. The lowest BCUT2D eigenvalue weighted by molar-refractivity contribution is 0.0733. The summed E-state index contributed by atoms with van der Waals surface area (Å²) in [6.07, 6.45) is -0.513. The molecule has 0 spiro atoms. The number of hydrogen-bond donors (Lipinski definition) is 0. The number of ether oxygens (including phenoxy) is 2. The Balaban J connectivity index is 2.13. The summed E-state index contributed by atoms with van der Waals surface area (Å²) in [6.45, 7) is 10.4. The van der Waals surface area contributed by atoms with E-state index in [1.807, 2.05) is 49.4 Å². The lowest BCUT2D eigenvalue weighted by Gasteiger charge is -2.28. The number of esters is 1. The summed E-state index contributed by atoms with van der Waals surface area (Å²) in [4.78, 5) is 27.6. The van der Waals surface area contributed by atoms with Crippen LogP contribution in [-0.2, 0) is 16.7 Å². The van der Waals surface area contributed by atoms with E-state index >= 15 is 0 Å². The van der Waals surface area contributed by atoms with Crippen molar-refractivity contribution in [3.8, 4) is 5.75 Å². The van der Waals surface area contributed by atoms with Gasteiger partial charge in [-0.05, 0) is 66.3 Å². The van der Waals surface area contributed by atoms with Crippen molar-refractivity contribution in [3.05, 3.63) is 94.0 Å². The summed E-state index contributed by atoms with van der Waals surface area (Å²) in [6, 6.07) is 20.0. The zero-order chi connectivity index (χ0) is 24.9. The van der Waals surface area contributed by atoms with Crippen molar-refractivity contribution in [2.45, 2.75) is 46.6 Å². The van der Waals surface area contributed by atoms with E-state index in [9.17, 15) is 9.59 Å². The number of amides is 1. The molecule has 6 heteroatoms. The van der Waals surface area contributed by atoms with Crippen molar-refractivity contribution in [3.63, 3.8) is 0 Å². The van der Waals surface area contributed by atoms with Gasteiger partial charge in [0.25, 0.3) is 0 Å². The van der Waals surface area contributed by atoms with Crippen LogP contribution in [-0.4, -0.2) is 18.7 Å². The molecule has 0 aliphatic carbocycles. The van der Waals surface area contributed by atoms with Gasteiger partial charge in [0.15, 0.2) is 5.75 Å². The second-order valence-corrected chi connectivity index (χ2v) is 9.49. The average Bonchev–Trinajstić information content (AvgIpc) is 2.79. The topological polar surface area (TPSA) is 55.8 Å². The minimum Gasteiger partial charge on any atom is -0.449 e. The lowest BCUT2D eigenvalue weighted by atomic mass is 9.85. The predicted octanol–water partition coefficient (Wildman–Crippen LogP) is 7.33. The van der Waals surface area contributed by atoms with Gasteiger partial charge in [-0.2, -0.15) is 0 Å². The average molecular weight is 480 g/mol. The first-order valence-corrected chi connectivity index (χ1v) is 11.6. The maximum Gasteiger partial charge on any atom is 0.414 e. The molecule has 0 saturated carbocycles. The molecule has 0 unspecified atom stereocenters. The van der Waals surface area contributed by atoms with E-state index in [1.54, 1.807) is 31.2 Å². The predicted molar refractivity (Wildman–Crippen MR) is 136 cm³/mol. The molecule has 0 saturated heterocycles. The van der Waals surface area contributed by atoms with E-state index < -0.39 is 12.1 Å². The molecule has 178 valence electrons. The molecule has 0 aliphatic rings. The lowest BCUT2D eigenvalue weighted by Crippen LogP contribution is -2.32. The standard InChI is InChI=1S/C28H30ClNO4/c1-6-33-27(32)30(18-20-10-8-7-9-11-20)24-17-22(28(3,4)5)16-19(2)25(24)34-26(31)21-12-14-23(29)15-13-21/h7-17H,6,18H2,1-5H3. The fraction of sp³-hybridized carbons (Fsp3) is 0.286. The van der Waals surface area contributed by atoms with Crippen molar-refractivity contribution >= 4 is 29.4 Å². The number of carbonyl (C=O) groups is 2. The van der Waals surface area contributed by atoms with Gasteiger partial charge >= 0.3 is 12.1 Å². The SMILES string of the molecule is CCOC(=O)N(Cc1ccccc1)c1cc(C(C)(C)C)cc(C)c1OC(=O)c1ccc(Cl)cc1. The van der Waals surface area contributed by atoms with E-state index in [0.717, 1.165) is 16.7 Å². The van der Waals surface area contributed by atoms with Gasteiger partial charge in [-0.25, -0.2) is 9.59 Å². The van der Waals surface area contributed by atoms with Crippen molar-refractivity contribution in [1.82, 2.24) is 0 Å². The first-order valence-electron chi connectivity index (χ1n) is 11.2. The van der Waals surface area contributed by atoms with Gasteiger partial charge in [-0.1, -0.05) is 68.8 Å². The Morgan fingerprint density at radius 2 is 1.62 bits per heavy atom. The summed E-state index contributed by atoms with van der Waals surface area (Å²) in [5.74, 6) is -0.218. The van der Waals surface area contributed by atoms with Gasteiger partial charge in [-0.15, -0.1) is 0 Å². The molecule has 0 aliphatic heterocycles. The van der Waals surface area contributed by atoms with Crippen molar-refractivity contribution in [1.29, 1.82) is 0 Å². The summed E-state index contributed by atoms with van der Waals surface area (Å²) in [7, 11) is 0. The van der Waals surface area contributed by atoms with Crippen LogP contribution in [0.1, 0.15) is 54.7 Å². The summed E-state index contributed by atoms with van der Waals surface area (Å²) in [5.41, 5.74) is 3.32. The van der Waals surface area contributed by atoms with Gasteiger partial charge in [0.1, 0.15) is 0 Å². The molecule has 0 bridgehead atoms. The van der Waals surface area contributed by atoms with Crippen LogP contribution in [0.5, 0.6) is 5.75 Å². The van der Waals surface area contributed by atoms with Crippen LogP contribution in [0, 0.1) is 6.92 Å². The fourth-order valence-corrected chi connectivity index (χ4v) is 3.60. The Morgan fingerprint density at radius 3 is 2.21 bits per heavy atom. The van der Waals surface area contributed by atoms with Crippen LogP contribution >= 0.6 is 11.6 Å². The molecular formula is C28H30ClNO4. The molecule has 0 radical (unpaired) electrons. The third-order valence-corrected chi connectivity index (χ3v) is 5.61. The van der Waals surface area contributed by atoms with Gasteiger partial charge in [0.05, 0.1) is 24.4 Å². The van der Waals surface area contributed by atoms with Gasteiger partial charge in [-0.3, -0.25) is 4.90 Å². The maximum absolute atomic E-state index is 13.1. The third kappa shape index (κ3) is 6.17. The molecule has 0 heterocycles. The molecule has 0 atom stereocenters. The van der Waals surface area contributed by atoms with E-state index in [4.69, 9.17) is 21.1 Å². The van der Waals surface area contributed by atoms with Gasteiger partial charge in [0, 0.05) is 5.02 Å². The quantitative estimate of drug-likeness (QED) is 0.274. The van der Waals surface area contributed by atoms with E-state index in [2.05, 4.69) is 20.8 Å². The Kier molecular flexibility index (Phi) is 8.00. The second-order valence-electron chi connectivity index (χ2n) is 9.06. The first-order chi connectivity index (χ1) is 16.1. The monoisotopic (exact) mass is 479 g/mol. The Bertz CT molecular complexity index is 1150. The summed E-state index contributed by atoms with van der Waals surface area (Å²) >= 11 is 5.96. The molecule has 1 amide bonds. The Morgan fingerprint density at radius 1 is 0.971 bits per heavy atom.